The summed E-state index contributed by atoms with van der Waals surface area (Å²) >= 11 is 0. The Bertz CT molecular complexity index is 622. The molecule has 0 saturated carbocycles. The standard InChI is InChI=1S/C17H31NO7P2/c1-2-3-4-5-6-7-8-9-10-25-16-11-15(13-18-14-16)12-17(26(19,20)21)27(22,23)24/h11,13-14,17H,2-10,12H2,1H3,(H2,19,20,21)(H2,22,23,24). The summed E-state index contributed by atoms with van der Waals surface area (Å²) in [6.07, 6.45) is 11.7. The highest BCUT2D eigenvalue weighted by Gasteiger charge is 2.43. The Morgan fingerprint density at radius 1 is 0.926 bits per heavy atom. The van der Waals surface area contributed by atoms with Crippen molar-refractivity contribution in [1.82, 2.24) is 4.98 Å². The van der Waals surface area contributed by atoms with Crippen LogP contribution < -0.4 is 4.74 Å². The lowest BCUT2D eigenvalue weighted by Gasteiger charge is -2.19. The summed E-state index contributed by atoms with van der Waals surface area (Å²) in [7, 11) is -9.91. The number of hydrogen-bond acceptors (Lipinski definition) is 4. The number of ether oxygens (including phenoxy) is 1. The van der Waals surface area contributed by atoms with Gasteiger partial charge in [0.05, 0.1) is 12.8 Å². The maximum atomic E-state index is 11.4. The van der Waals surface area contributed by atoms with Gasteiger partial charge in [0, 0.05) is 6.20 Å². The molecular weight excluding hydrogens is 392 g/mol. The molecule has 0 fully saturated rings. The second kappa shape index (κ2) is 11.9. The van der Waals surface area contributed by atoms with Crippen molar-refractivity contribution in [2.45, 2.75) is 70.1 Å². The first-order valence-electron chi connectivity index (χ1n) is 9.31. The molecule has 8 nitrogen and oxygen atoms in total. The van der Waals surface area contributed by atoms with E-state index in [1.54, 1.807) is 0 Å². The van der Waals surface area contributed by atoms with E-state index in [4.69, 9.17) is 4.74 Å². The second-order valence-corrected chi connectivity index (χ2v) is 10.7. The molecule has 0 bridgehead atoms. The average molecular weight is 423 g/mol. The molecule has 0 radical (unpaired) electrons. The van der Waals surface area contributed by atoms with Crippen LogP contribution in [-0.2, 0) is 15.6 Å². The molecule has 0 unspecified atom stereocenters. The summed E-state index contributed by atoms with van der Waals surface area (Å²) in [6.45, 7) is 2.69. The molecule has 27 heavy (non-hydrogen) atoms. The maximum Gasteiger partial charge on any atom is 0.341 e. The Hall–Kier alpha value is -0.750. The van der Waals surface area contributed by atoms with E-state index in [2.05, 4.69) is 11.9 Å². The smallest absolute Gasteiger partial charge is 0.341 e. The van der Waals surface area contributed by atoms with E-state index in [0.29, 0.717) is 17.9 Å². The van der Waals surface area contributed by atoms with Gasteiger partial charge in [0.2, 0.25) is 0 Å². The van der Waals surface area contributed by atoms with Crippen LogP contribution in [0.25, 0.3) is 0 Å². The minimum absolute atomic E-state index is 0.306. The third kappa shape index (κ3) is 10.4. The van der Waals surface area contributed by atoms with Gasteiger partial charge in [-0.2, -0.15) is 0 Å². The molecule has 1 heterocycles. The first-order chi connectivity index (χ1) is 12.6. The average Bonchev–Trinajstić information content (AvgIpc) is 2.57. The minimum atomic E-state index is -4.95. The molecular formula is C17H31NO7P2. The van der Waals surface area contributed by atoms with E-state index in [1.807, 2.05) is 0 Å². The van der Waals surface area contributed by atoms with Gasteiger partial charge < -0.3 is 24.3 Å². The van der Waals surface area contributed by atoms with Gasteiger partial charge in [-0.05, 0) is 24.5 Å². The SMILES string of the molecule is CCCCCCCCCCOc1cncc(CC(P(=O)(O)O)P(=O)(O)O)c1. The van der Waals surface area contributed by atoms with Gasteiger partial charge >= 0.3 is 15.2 Å². The van der Waals surface area contributed by atoms with E-state index in [-0.39, 0.29) is 0 Å². The summed E-state index contributed by atoms with van der Waals surface area (Å²) in [4.78, 5) is 40.7. The van der Waals surface area contributed by atoms with E-state index in [1.165, 1.54) is 50.6 Å². The highest BCUT2D eigenvalue weighted by Crippen LogP contribution is 2.60. The van der Waals surface area contributed by atoms with Gasteiger partial charge in [0.25, 0.3) is 0 Å². The Kier molecular flexibility index (Phi) is 10.7. The quantitative estimate of drug-likeness (QED) is 0.262. The lowest BCUT2D eigenvalue weighted by molar-refractivity contribution is 0.302. The fraction of sp³-hybridized carbons (Fsp3) is 0.706. The van der Waals surface area contributed by atoms with Crippen molar-refractivity contribution in [3.8, 4) is 5.75 Å². The van der Waals surface area contributed by atoms with Gasteiger partial charge in [-0.25, -0.2) is 0 Å². The first kappa shape index (κ1) is 24.3. The van der Waals surface area contributed by atoms with Gasteiger partial charge in [-0.1, -0.05) is 51.9 Å². The molecule has 10 heteroatoms. The third-order valence-corrected chi connectivity index (χ3v) is 7.95. The molecule has 4 N–H and O–H groups in total. The molecule has 0 aliphatic heterocycles. The molecule has 156 valence electrons. The molecule has 0 saturated heterocycles. The monoisotopic (exact) mass is 423 g/mol. The Balaban J connectivity index is 2.43. The third-order valence-electron chi connectivity index (χ3n) is 4.23. The van der Waals surface area contributed by atoms with Crippen LogP contribution in [0.3, 0.4) is 0 Å². The van der Waals surface area contributed by atoms with Crippen LogP contribution >= 0.6 is 15.2 Å². The minimum Gasteiger partial charge on any atom is -0.492 e. The van der Waals surface area contributed by atoms with Gasteiger partial charge in [-0.15, -0.1) is 0 Å². The van der Waals surface area contributed by atoms with Crippen molar-refractivity contribution in [3.05, 3.63) is 24.0 Å². The van der Waals surface area contributed by atoms with E-state index in [0.717, 1.165) is 19.3 Å². The van der Waals surface area contributed by atoms with Crippen LogP contribution in [0.4, 0.5) is 0 Å². The summed E-state index contributed by atoms with van der Waals surface area (Å²) in [5.41, 5.74) is 0.306. The van der Waals surface area contributed by atoms with Crippen LogP contribution in [-0.4, -0.2) is 36.6 Å². The number of hydrogen-bond donors (Lipinski definition) is 4. The number of unbranched alkanes of at least 4 members (excludes halogenated alkanes) is 7. The number of aromatic nitrogens is 1. The maximum absolute atomic E-state index is 11.4. The first-order valence-corrected chi connectivity index (χ1v) is 12.7. The lowest BCUT2D eigenvalue weighted by Crippen LogP contribution is -2.13. The van der Waals surface area contributed by atoms with E-state index in [9.17, 15) is 28.7 Å². The van der Waals surface area contributed by atoms with Crippen LogP contribution in [0.1, 0.15) is 63.9 Å². The van der Waals surface area contributed by atoms with E-state index >= 15 is 0 Å². The molecule has 1 aromatic heterocycles. The lowest BCUT2D eigenvalue weighted by atomic mass is 10.1. The highest BCUT2D eigenvalue weighted by molar-refractivity contribution is 7.70. The number of pyridine rings is 1. The van der Waals surface area contributed by atoms with Gasteiger partial charge in [-0.3, -0.25) is 14.1 Å². The largest absolute Gasteiger partial charge is 0.492 e. The highest BCUT2D eigenvalue weighted by atomic mass is 31.2. The van der Waals surface area contributed by atoms with Crippen LogP contribution in [0.15, 0.2) is 18.5 Å². The van der Waals surface area contributed by atoms with Crippen molar-refractivity contribution in [2.75, 3.05) is 6.61 Å². The molecule has 1 rings (SSSR count). The van der Waals surface area contributed by atoms with Crippen molar-refractivity contribution >= 4 is 15.2 Å². The predicted octanol–water partition coefficient (Wildman–Crippen LogP) is 3.83. The second-order valence-electron chi connectivity index (χ2n) is 6.72. The van der Waals surface area contributed by atoms with Crippen molar-refractivity contribution < 1.29 is 33.4 Å². The Morgan fingerprint density at radius 3 is 2.04 bits per heavy atom. The van der Waals surface area contributed by atoms with Crippen LogP contribution in [0.2, 0.25) is 0 Å². The fourth-order valence-electron chi connectivity index (χ4n) is 2.72. The topological polar surface area (TPSA) is 137 Å². The molecule has 0 aromatic carbocycles. The zero-order valence-electron chi connectivity index (χ0n) is 15.7. The summed E-state index contributed by atoms with van der Waals surface area (Å²) in [5, 5.41) is -2.07. The molecule has 0 aliphatic carbocycles. The van der Waals surface area contributed by atoms with E-state index < -0.39 is 27.0 Å². The molecule has 0 amide bonds. The molecule has 0 aliphatic rings. The molecule has 1 aromatic rings. The normalized spacial score (nSPS) is 12.5. The fourth-order valence-corrected chi connectivity index (χ4v) is 5.19. The van der Waals surface area contributed by atoms with Crippen molar-refractivity contribution in [1.29, 1.82) is 0 Å². The zero-order valence-corrected chi connectivity index (χ0v) is 17.5. The predicted molar refractivity (Wildman–Crippen MR) is 104 cm³/mol. The van der Waals surface area contributed by atoms with Gasteiger partial charge in [0.15, 0.2) is 5.40 Å². The summed E-state index contributed by atoms with van der Waals surface area (Å²) in [5.74, 6) is 0.422. The van der Waals surface area contributed by atoms with Crippen LogP contribution in [0.5, 0.6) is 5.75 Å². The zero-order chi connectivity index (χ0) is 20.3. The summed E-state index contributed by atoms with van der Waals surface area (Å²) < 4.78 is 28.3. The van der Waals surface area contributed by atoms with Crippen molar-refractivity contribution in [2.24, 2.45) is 0 Å². The van der Waals surface area contributed by atoms with Gasteiger partial charge in [0.1, 0.15) is 5.75 Å². The summed E-state index contributed by atoms with van der Waals surface area (Å²) in [6, 6.07) is 1.51. The molecule has 0 spiro atoms. The van der Waals surface area contributed by atoms with Crippen LogP contribution in [0, 0.1) is 0 Å². The van der Waals surface area contributed by atoms with Crippen molar-refractivity contribution in [3.63, 3.8) is 0 Å². The number of nitrogens with zero attached hydrogens (tertiary/aromatic N) is 1. The molecule has 0 atom stereocenters. The Morgan fingerprint density at radius 2 is 1.48 bits per heavy atom. The Labute approximate surface area is 160 Å². The number of rotatable bonds is 14.